The van der Waals surface area contributed by atoms with E-state index in [1.54, 1.807) is 0 Å². The van der Waals surface area contributed by atoms with E-state index in [1.165, 1.54) is 11.1 Å². The molecule has 0 unspecified atom stereocenters. The van der Waals surface area contributed by atoms with Crippen molar-refractivity contribution >= 4 is 28.1 Å². The van der Waals surface area contributed by atoms with Gasteiger partial charge in [0.15, 0.2) is 12.4 Å². The van der Waals surface area contributed by atoms with Crippen LogP contribution < -0.4 is 28.5 Å². The van der Waals surface area contributed by atoms with Crippen LogP contribution in [0.15, 0.2) is 53.3 Å². The second-order valence-electron chi connectivity index (χ2n) is 3.69. The van der Waals surface area contributed by atoms with Gasteiger partial charge in [0.1, 0.15) is 7.05 Å². The molecule has 0 radical (unpaired) electrons. The molecule has 1 heterocycles. The largest absolute Gasteiger partial charge is 1.00 e. The van der Waals surface area contributed by atoms with E-state index >= 15 is 0 Å². The molecule has 17 heavy (non-hydrogen) atoms. The van der Waals surface area contributed by atoms with Gasteiger partial charge in [-0.15, -0.1) is 0 Å². The fourth-order valence-corrected chi connectivity index (χ4v) is 1.84. The number of nitrogens with zero attached hydrogens (tertiary/aromatic N) is 1. The first-order chi connectivity index (χ1) is 7.74. The van der Waals surface area contributed by atoms with Crippen LogP contribution >= 0.6 is 15.9 Å². The number of hydrogen-bond acceptors (Lipinski definition) is 0. The van der Waals surface area contributed by atoms with Crippen molar-refractivity contribution in [3.05, 3.63) is 64.4 Å². The summed E-state index contributed by atoms with van der Waals surface area (Å²) in [5.74, 6) is 0. The summed E-state index contributed by atoms with van der Waals surface area (Å²) in [5, 5.41) is 0. The third kappa shape index (κ3) is 4.60. The summed E-state index contributed by atoms with van der Waals surface area (Å²) < 4.78 is 3.13. The zero-order chi connectivity index (χ0) is 11.4. The summed E-state index contributed by atoms with van der Waals surface area (Å²) >= 11 is 3.46. The molecule has 0 atom stereocenters. The van der Waals surface area contributed by atoms with Gasteiger partial charge in [0.2, 0.25) is 0 Å². The van der Waals surface area contributed by atoms with E-state index in [-0.39, 0.29) is 24.0 Å². The third-order valence-electron chi connectivity index (χ3n) is 2.32. The zero-order valence-electron chi connectivity index (χ0n) is 9.48. The predicted octanol–water partition coefficient (Wildman–Crippen LogP) is 0.448. The first-order valence-electron chi connectivity index (χ1n) is 5.13. The van der Waals surface area contributed by atoms with Crippen molar-refractivity contribution in [1.29, 1.82) is 0 Å². The van der Waals surface area contributed by atoms with Gasteiger partial charge in [0.25, 0.3) is 0 Å². The Bertz CT molecular complexity index is 506. The fourth-order valence-electron chi connectivity index (χ4n) is 1.43. The van der Waals surface area contributed by atoms with Crippen LogP contribution in [-0.4, -0.2) is 0 Å². The molecule has 0 fully saturated rings. The number of rotatable bonds is 2. The number of hydrogen-bond donors (Lipinski definition) is 0. The van der Waals surface area contributed by atoms with E-state index in [0.29, 0.717) is 0 Å². The highest BCUT2D eigenvalue weighted by Gasteiger charge is 1.92. The summed E-state index contributed by atoms with van der Waals surface area (Å²) in [6, 6.07) is 12.4. The Morgan fingerprint density at radius 2 is 1.65 bits per heavy atom. The Balaban J connectivity index is 0.00000144. The van der Waals surface area contributed by atoms with E-state index in [4.69, 9.17) is 0 Å². The second kappa shape index (κ2) is 6.91. The third-order valence-corrected chi connectivity index (χ3v) is 2.81. The molecule has 1 nitrogen and oxygen atoms in total. The van der Waals surface area contributed by atoms with Crippen molar-refractivity contribution in [2.45, 2.75) is 0 Å². The van der Waals surface area contributed by atoms with Gasteiger partial charge >= 0.3 is 0 Å². The molecule has 1 aromatic carbocycles. The molecule has 0 bridgehead atoms. The average Bonchev–Trinajstić information content (AvgIpc) is 2.28. The fraction of sp³-hybridized carbons (Fsp3) is 0.0714. The molecule has 3 heteroatoms. The van der Waals surface area contributed by atoms with Crippen molar-refractivity contribution in [2.24, 2.45) is 7.05 Å². The molecule has 88 valence electrons. The van der Waals surface area contributed by atoms with Crippen molar-refractivity contribution < 1.29 is 28.5 Å². The lowest BCUT2D eigenvalue weighted by atomic mass is 10.1. The standard InChI is InChI=1S/C14H13BrN.HI/c1-16-9-7-12(8-10-16)5-6-13-3-2-4-14(15)11-13;/h2-11H,1H3;1H/q+1;/p-1/b6-5-;. The molecule has 0 aliphatic heterocycles. The van der Waals surface area contributed by atoms with Crippen LogP contribution in [0.4, 0.5) is 0 Å². The van der Waals surface area contributed by atoms with E-state index in [0.717, 1.165) is 4.47 Å². The normalized spacial score (nSPS) is 10.2. The summed E-state index contributed by atoms with van der Waals surface area (Å²) in [6.45, 7) is 0. The van der Waals surface area contributed by atoms with Gasteiger partial charge < -0.3 is 24.0 Å². The highest BCUT2D eigenvalue weighted by Crippen LogP contribution is 2.13. The first-order valence-corrected chi connectivity index (χ1v) is 5.92. The van der Waals surface area contributed by atoms with Crippen molar-refractivity contribution in [3.63, 3.8) is 0 Å². The van der Waals surface area contributed by atoms with Crippen LogP contribution in [0.5, 0.6) is 0 Å². The molecule has 1 aromatic heterocycles. The molecule has 0 aliphatic carbocycles. The molecule has 0 spiro atoms. The SMILES string of the molecule is C[n+]1ccc(/C=C\c2cccc(Br)c2)cc1.[I-]. The van der Waals surface area contributed by atoms with Crippen molar-refractivity contribution in [2.75, 3.05) is 0 Å². The maximum atomic E-state index is 3.46. The van der Waals surface area contributed by atoms with Crippen LogP contribution in [0.25, 0.3) is 12.2 Å². The van der Waals surface area contributed by atoms with E-state index in [1.807, 2.05) is 36.1 Å². The van der Waals surface area contributed by atoms with Gasteiger partial charge in [-0.05, 0) is 23.3 Å². The topological polar surface area (TPSA) is 3.88 Å². The van der Waals surface area contributed by atoms with Crippen LogP contribution in [0.3, 0.4) is 0 Å². The maximum Gasteiger partial charge on any atom is 0.169 e. The quantitative estimate of drug-likeness (QED) is 0.508. The van der Waals surface area contributed by atoms with E-state index in [2.05, 4.69) is 52.3 Å². The molecule has 0 saturated carbocycles. The van der Waals surface area contributed by atoms with Gasteiger partial charge in [0, 0.05) is 16.6 Å². The number of aromatic nitrogens is 1. The van der Waals surface area contributed by atoms with E-state index < -0.39 is 0 Å². The number of pyridine rings is 1. The maximum absolute atomic E-state index is 3.46. The number of halogens is 2. The Morgan fingerprint density at radius 3 is 2.29 bits per heavy atom. The minimum atomic E-state index is 0. The van der Waals surface area contributed by atoms with Crippen LogP contribution in [-0.2, 0) is 7.05 Å². The van der Waals surface area contributed by atoms with Gasteiger partial charge in [-0.1, -0.05) is 40.2 Å². The molecule has 0 amide bonds. The van der Waals surface area contributed by atoms with Gasteiger partial charge in [0.05, 0.1) is 0 Å². The molecule has 0 aliphatic rings. The Morgan fingerprint density at radius 1 is 1.00 bits per heavy atom. The first kappa shape index (κ1) is 14.4. The zero-order valence-corrected chi connectivity index (χ0v) is 13.2. The van der Waals surface area contributed by atoms with E-state index in [9.17, 15) is 0 Å². The smallest absolute Gasteiger partial charge is 0.169 e. The number of benzene rings is 1. The summed E-state index contributed by atoms with van der Waals surface area (Å²) in [7, 11) is 2.02. The van der Waals surface area contributed by atoms with Crippen molar-refractivity contribution in [3.8, 4) is 0 Å². The summed E-state index contributed by atoms with van der Waals surface area (Å²) in [4.78, 5) is 0. The van der Waals surface area contributed by atoms with Crippen LogP contribution in [0, 0.1) is 0 Å². The molecule has 2 rings (SSSR count). The lowest BCUT2D eigenvalue weighted by Crippen LogP contribution is -3.00. The molecule has 0 N–H and O–H groups in total. The van der Waals surface area contributed by atoms with Crippen molar-refractivity contribution in [1.82, 2.24) is 0 Å². The Hall–Kier alpha value is -0.680. The van der Waals surface area contributed by atoms with Gasteiger partial charge in [-0.2, -0.15) is 0 Å². The predicted molar refractivity (Wildman–Crippen MR) is 70.7 cm³/mol. The minimum absolute atomic E-state index is 0. The monoisotopic (exact) mass is 401 g/mol. The highest BCUT2D eigenvalue weighted by atomic mass is 127. The summed E-state index contributed by atoms with van der Waals surface area (Å²) in [6.07, 6.45) is 8.31. The minimum Gasteiger partial charge on any atom is -1.00 e. The molecule has 2 aromatic rings. The van der Waals surface area contributed by atoms with Crippen LogP contribution in [0.2, 0.25) is 0 Å². The molecular formula is C14H13BrIN. The average molecular weight is 402 g/mol. The van der Waals surface area contributed by atoms with Gasteiger partial charge in [-0.3, -0.25) is 0 Å². The molecular weight excluding hydrogens is 389 g/mol. The van der Waals surface area contributed by atoms with Gasteiger partial charge in [-0.25, -0.2) is 4.57 Å². The lowest BCUT2D eigenvalue weighted by Gasteiger charge is -1.94. The van der Waals surface area contributed by atoms with Crippen LogP contribution in [0.1, 0.15) is 11.1 Å². The Kier molecular flexibility index (Phi) is 5.85. The second-order valence-corrected chi connectivity index (χ2v) is 4.60. The molecule has 0 saturated heterocycles. The highest BCUT2D eigenvalue weighted by molar-refractivity contribution is 9.10. The lowest BCUT2D eigenvalue weighted by molar-refractivity contribution is -0.671. The Labute approximate surface area is 127 Å². The number of aryl methyl sites for hydroxylation is 1. The summed E-state index contributed by atoms with van der Waals surface area (Å²) in [5.41, 5.74) is 2.40.